The molecule has 45 valence electrons. The third kappa shape index (κ3) is 1.72. The Balaban J connectivity index is 2.61. The predicted molar refractivity (Wildman–Crippen MR) is 31.7 cm³/mol. The van der Waals surface area contributed by atoms with Crippen molar-refractivity contribution < 1.29 is 8.97 Å². The molecule has 0 saturated heterocycles. The number of pyridine rings is 1. The highest BCUT2D eigenvalue weighted by Crippen LogP contribution is 2.01. The second-order valence-corrected chi connectivity index (χ2v) is 1.37. The molecular weight excluding hydrogens is 120 g/mol. The van der Waals surface area contributed by atoms with Gasteiger partial charge in [0.15, 0.2) is 5.88 Å². The van der Waals surface area contributed by atoms with Gasteiger partial charge in [0, 0.05) is 6.20 Å². The Hall–Kier alpha value is -1.06. The molecule has 0 bridgehead atoms. The predicted octanol–water partition coefficient (Wildman–Crippen LogP) is 0.964. The third-order valence-electron chi connectivity index (χ3n) is 0.803. The van der Waals surface area contributed by atoms with E-state index in [4.69, 9.17) is 0 Å². The van der Waals surface area contributed by atoms with Gasteiger partial charge in [0.2, 0.25) is 0 Å². The smallest absolute Gasteiger partial charge is 0.520 e. The minimum Gasteiger partial charge on any atom is -0.520 e. The van der Waals surface area contributed by atoms with Gasteiger partial charge in [0.05, 0.1) is 0 Å². The van der Waals surface area contributed by atoms with E-state index in [1.54, 1.807) is 18.2 Å². The topological polar surface area (TPSA) is 22.1 Å². The molecule has 1 rings (SSSR count). The van der Waals surface area contributed by atoms with Gasteiger partial charge in [-0.2, -0.15) is 0 Å². The van der Waals surface area contributed by atoms with E-state index >= 15 is 0 Å². The van der Waals surface area contributed by atoms with Gasteiger partial charge in [-0.05, 0) is 12.1 Å². The molecule has 0 aliphatic heterocycles. The normalized spacial score (nSPS) is 8.56. The zero-order valence-corrected chi connectivity index (χ0v) is 4.62. The van der Waals surface area contributed by atoms with Crippen molar-refractivity contribution in [1.82, 2.24) is 4.98 Å². The Morgan fingerprint density at radius 1 is 1.56 bits per heavy atom. The summed E-state index contributed by atoms with van der Waals surface area (Å²) in [7, 11) is 0.0995. The van der Waals surface area contributed by atoms with Crippen molar-refractivity contribution in [2.24, 2.45) is 0 Å². The Morgan fingerprint density at radius 3 is 3.00 bits per heavy atom. The maximum Gasteiger partial charge on any atom is 0.616 e. The number of rotatable bonds is 2. The molecule has 2 nitrogen and oxygen atoms in total. The molecule has 0 fully saturated rings. The first-order chi connectivity index (χ1) is 4.43. The minimum absolute atomic E-state index is 0.0995. The van der Waals surface area contributed by atoms with Crippen LogP contribution < -0.4 is 4.65 Å². The van der Waals surface area contributed by atoms with Crippen molar-refractivity contribution in [3.8, 4) is 5.88 Å². The Labute approximate surface area is 53.0 Å². The molecule has 0 spiro atoms. The molecule has 0 unspecified atom stereocenters. The summed E-state index contributed by atoms with van der Waals surface area (Å²) in [6.07, 6.45) is 1.53. The molecule has 0 aromatic carbocycles. The average Bonchev–Trinajstić information content (AvgIpc) is 1.91. The molecule has 1 heterocycles. The van der Waals surface area contributed by atoms with Crippen molar-refractivity contribution in [3.05, 3.63) is 24.4 Å². The molecular formula is C5H4BFNO. The highest BCUT2D eigenvalue weighted by Gasteiger charge is 1.91. The van der Waals surface area contributed by atoms with E-state index in [2.05, 4.69) is 9.64 Å². The molecule has 9 heavy (non-hydrogen) atoms. The summed E-state index contributed by atoms with van der Waals surface area (Å²) in [5.74, 6) is 0.264. The van der Waals surface area contributed by atoms with Crippen LogP contribution in [0.15, 0.2) is 24.4 Å². The van der Waals surface area contributed by atoms with Gasteiger partial charge in [0.25, 0.3) is 0 Å². The van der Waals surface area contributed by atoms with Crippen molar-refractivity contribution in [1.29, 1.82) is 0 Å². The standard InChI is InChI=1S/C5H4BFNO/c7-6-9-5-3-1-2-4-8-5/h1-4H. The summed E-state index contributed by atoms with van der Waals surface area (Å²) >= 11 is 0. The van der Waals surface area contributed by atoms with Gasteiger partial charge in [-0.3, -0.25) is 4.32 Å². The number of nitrogens with zero attached hydrogens (tertiary/aromatic N) is 1. The van der Waals surface area contributed by atoms with Crippen LogP contribution in [-0.4, -0.2) is 12.7 Å². The van der Waals surface area contributed by atoms with E-state index < -0.39 is 0 Å². The van der Waals surface area contributed by atoms with Crippen LogP contribution in [0.25, 0.3) is 0 Å². The van der Waals surface area contributed by atoms with Crippen LogP contribution in [0.4, 0.5) is 4.32 Å². The van der Waals surface area contributed by atoms with Gasteiger partial charge < -0.3 is 4.65 Å². The molecule has 4 heteroatoms. The molecule has 0 N–H and O–H groups in total. The Bertz CT molecular complexity index is 170. The van der Waals surface area contributed by atoms with E-state index in [1.165, 1.54) is 6.20 Å². The Kier molecular flexibility index (Phi) is 2.07. The van der Waals surface area contributed by atoms with Gasteiger partial charge >= 0.3 is 7.76 Å². The summed E-state index contributed by atoms with van der Waals surface area (Å²) in [5.41, 5.74) is 0. The number of hydrogen-bond donors (Lipinski definition) is 0. The van der Waals surface area contributed by atoms with Gasteiger partial charge in [-0.1, -0.05) is 6.07 Å². The van der Waals surface area contributed by atoms with Crippen molar-refractivity contribution in [2.45, 2.75) is 0 Å². The second kappa shape index (κ2) is 3.07. The molecule has 0 saturated carbocycles. The van der Waals surface area contributed by atoms with Gasteiger partial charge in [-0.15, -0.1) is 0 Å². The lowest BCUT2D eigenvalue weighted by Gasteiger charge is -1.94. The molecule has 1 aromatic heterocycles. The monoisotopic (exact) mass is 124 g/mol. The summed E-state index contributed by atoms with van der Waals surface area (Å²) in [6.45, 7) is 0. The van der Waals surface area contributed by atoms with Gasteiger partial charge in [-0.25, -0.2) is 4.98 Å². The van der Waals surface area contributed by atoms with E-state index in [1.807, 2.05) is 0 Å². The fourth-order valence-corrected chi connectivity index (χ4v) is 0.462. The van der Waals surface area contributed by atoms with Crippen LogP contribution in [-0.2, 0) is 0 Å². The summed E-state index contributed by atoms with van der Waals surface area (Å²) in [6, 6.07) is 5.01. The number of aromatic nitrogens is 1. The zero-order valence-electron chi connectivity index (χ0n) is 4.62. The lowest BCUT2D eigenvalue weighted by Crippen LogP contribution is -1.95. The van der Waals surface area contributed by atoms with Crippen molar-refractivity contribution >= 4 is 7.76 Å². The fourth-order valence-electron chi connectivity index (χ4n) is 0.462. The molecule has 0 atom stereocenters. The second-order valence-electron chi connectivity index (χ2n) is 1.37. The fraction of sp³-hybridized carbons (Fsp3) is 0. The summed E-state index contributed by atoms with van der Waals surface area (Å²) < 4.78 is 15.6. The van der Waals surface area contributed by atoms with Crippen molar-refractivity contribution in [2.75, 3.05) is 0 Å². The molecule has 1 radical (unpaired) electrons. The highest BCUT2D eigenvalue weighted by atomic mass is 19.1. The van der Waals surface area contributed by atoms with Gasteiger partial charge in [0.1, 0.15) is 0 Å². The Morgan fingerprint density at radius 2 is 2.44 bits per heavy atom. The highest BCUT2D eigenvalue weighted by molar-refractivity contribution is 6.18. The first kappa shape index (κ1) is 6.07. The number of hydrogen-bond acceptors (Lipinski definition) is 2. The van der Waals surface area contributed by atoms with Crippen LogP contribution in [0, 0.1) is 0 Å². The maximum absolute atomic E-state index is 11.3. The first-order valence-corrected chi connectivity index (χ1v) is 2.43. The zero-order chi connectivity index (χ0) is 6.53. The van der Waals surface area contributed by atoms with Crippen molar-refractivity contribution in [3.63, 3.8) is 0 Å². The summed E-state index contributed by atoms with van der Waals surface area (Å²) in [4.78, 5) is 3.68. The molecule has 0 aliphatic rings. The lowest BCUT2D eigenvalue weighted by atomic mass is 10.4. The molecule has 0 aliphatic carbocycles. The van der Waals surface area contributed by atoms with E-state index in [0.717, 1.165) is 0 Å². The SMILES string of the molecule is F[B]Oc1ccccn1. The minimum atomic E-state index is 0.0995. The largest absolute Gasteiger partial charge is 0.616 e. The first-order valence-electron chi connectivity index (χ1n) is 2.43. The maximum atomic E-state index is 11.3. The lowest BCUT2D eigenvalue weighted by molar-refractivity contribution is 0.517. The van der Waals surface area contributed by atoms with Crippen LogP contribution >= 0.6 is 0 Å². The van der Waals surface area contributed by atoms with Crippen LogP contribution in [0.2, 0.25) is 0 Å². The average molecular weight is 124 g/mol. The van der Waals surface area contributed by atoms with E-state index in [0.29, 0.717) is 0 Å². The summed E-state index contributed by atoms with van der Waals surface area (Å²) in [5, 5.41) is 0. The van der Waals surface area contributed by atoms with E-state index in [-0.39, 0.29) is 13.6 Å². The quantitative estimate of drug-likeness (QED) is 0.547. The van der Waals surface area contributed by atoms with Crippen LogP contribution in [0.5, 0.6) is 5.88 Å². The van der Waals surface area contributed by atoms with Crippen LogP contribution in [0.1, 0.15) is 0 Å². The van der Waals surface area contributed by atoms with E-state index in [9.17, 15) is 4.32 Å². The number of halogens is 1. The third-order valence-corrected chi connectivity index (χ3v) is 0.803. The van der Waals surface area contributed by atoms with Crippen LogP contribution in [0.3, 0.4) is 0 Å². The molecule has 1 aromatic rings. The molecule has 0 amide bonds.